The van der Waals surface area contributed by atoms with Crippen LogP contribution in [0, 0.1) is 6.92 Å². The lowest BCUT2D eigenvalue weighted by atomic mass is 9.89. The van der Waals surface area contributed by atoms with Gasteiger partial charge in [0.25, 0.3) is 0 Å². The van der Waals surface area contributed by atoms with Crippen LogP contribution in [-0.2, 0) is 47.8 Å². The lowest BCUT2D eigenvalue weighted by Gasteiger charge is -2.26. The van der Waals surface area contributed by atoms with Crippen molar-refractivity contribution in [1.29, 1.82) is 0 Å². The van der Waals surface area contributed by atoms with Crippen LogP contribution in [-0.4, -0.2) is 67.6 Å². The molecule has 40 heavy (non-hydrogen) atoms. The number of hydrogen-bond acceptors (Lipinski definition) is 9. The Morgan fingerprint density at radius 1 is 1.07 bits per heavy atom. The number of aromatic hydroxyl groups is 1. The average molecular weight is 582 g/mol. The van der Waals surface area contributed by atoms with Crippen molar-refractivity contribution in [3.8, 4) is 5.75 Å². The van der Waals surface area contributed by atoms with Crippen LogP contribution in [0.25, 0.3) is 0 Å². The largest absolute Gasteiger partial charge is 0.507 e. The first kappa shape index (κ1) is 33.5. The van der Waals surface area contributed by atoms with Gasteiger partial charge in [-0.1, -0.05) is 18.6 Å². The molecule has 1 heterocycles. The van der Waals surface area contributed by atoms with Crippen molar-refractivity contribution < 1.29 is 38.3 Å². The van der Waals surface area contributed by atoms with Gasteiger partial charge in [-0.15, -0.1) is 0 Å². The van der Waals surface area contributed by atoms with Gasteiger partial charge in [0.05, 0.1) is 13.2 Å². The molecule has 12 heteroatoms. The van der Waals surface area contributed by atoms with Gasteiger partial charge >= 0.3 is 17.9 Å². The molecule has 2 rings (SSSR count). The monoisotopic (exact) mass is 581 g/mol. The number of nitrogens with one attached hydrogen (secondary N) is 3. The number of benzene rings is 1. The molecule has 0 spiro atoms. The van der Waals surface area contributed by atoms with Gasteiger partial charge in [0.2, 0.25) is 7.44 Å². The quantitative estimate of drug-likeness (QED) is 0.0748. The second-order valence-corrected chi connectivity index (χ2v) is 12.3. The first-order valence-corrected chi connectivity index (χ1v) is 15.7. The first-order valence-electron chi connectivity index (χ1n) is 13.8. The number of allylic oxidation sites excluding steroid dienone is 1. The van der Waals surface area contributed by atoms with E-state index in [1.165, 1.54) is 0 Å². The molecule has 1 aliphatic heterocycles. The minimum atomic E-state index is -3.41. The van der Waals surface area contributed by atoms with Crippen LogP contribution >= 0.6 is 7.44 Å². The lowest BCUT2D eigenvalue weighted by molar-refractivity contribution is -0.145. The van der Waals surface area contributed by atoms with Crippen LogP contribution in [0.5, 0.6) is 5.75 Å². The van der Waals surface area contributed by atoms with Gasteiger partial charge in [-0.05, 0) is 65.5 Å². The summed E-state index contributed by atoms with van der Waals surface area (Å²) in [5, 5.41) is 19.8. The summed E-state index contributed by atoms with van der Waals surface area (Å²) in [5.41, 5.74) is 4.71. The summed E-state index contributed by atoms with van der Waals surface area (Å²) in [7, 11) is -3.41. The molecule has 0 aliphatic carbocycles. The fourth-order valence-electron chi connectivity index (χ4n) is 4.64. The summed E-state index contributed by atoms with van der Waals surface area (Å²) in [6.07, 6.45) is 3.25. The number of esters is 3. The van der Waals surface area contributed by atoms with Crippen LogP contribution in [0.15, 0.2) is 11.6 Å². The number of phenols is 1. The van der Waals surface area contributed by atoms with E-state index in [1.54, 1.807) is 27.7 Å². The number of cyclic esters (lactones) is 1. The molecule has 11 nitrogen and oxygen atoms in total. The maximum absolute atomic E-state index is 13.7. The highest BCUT2D eigenvalue weighted by molar-refractivity contribution is 7.60. The Hall–Kier alpha value is -2.72. The minimum absolute atomic E-state index is 0.0125. The van der Waals surface area contributed by atoms with E-state index < -0.39 is 37.4 Å². The van der Waals surface area contributed by atoms with Gasteiger partial charge in [-0.25, -0.2) is 15.0 Å². The van der Waals surface area contributed by atoms with Crippen molar-refractivity contribution in [3.05, 3.63) is 39.5 Å². The predicted octanol–water partition coefficient (Wildman–Crippen LogP) is 3.29. The lowest BCUT2D eigenvalue weighted by Crippen LogP contribution is -2.43. The molecular formula is C28H44N3O8P. The predicted molar refractivity (Wildman–Crippen MR) is 153 cm³/mol. The first-order chi connectivity index (χ1) is 18.9. The Bertz CT molecular complexity index is 1140. The molecule has 1 aromatic carbocycles. The molecule has 4 N–H and O–H groups in total. The van der Waals surface area contributed by atoms with E-state index >= 15 is 0 Å². The summed E-state index contributed by atoms with van der Waals surface area (Å²) in [6.45, 7) is 13.8. The van der Waals surface area contributed by atoms with Gasteiger partial charge in [-0.2, -0.15) is 0 Å². The Labute approximate surface area is 236 Å². The van der Waals surface area contributed by atoms with Crippen molar-refractivity contribution in [2.45, 2.75) is 80.0 Å². The second-order valence-electron chi connectivity index (χ2n) is 9.81. The molecule has 1 aliphatic rings. The third-order valence-electron chi connectivity index (χ3n) is 6.75. The third kappa shape index (κ3) is 8.64. The van der Waals surface area contributed by atoms with E-state index in [0.29, 0.717) is 25.9 Å². The smallest absolute Gasteiger partial charge is 0.342 e. The third-order valence-corrected chi connectivity index (χ3v) is 9.21. The fraction of sp³-hybridized carbons (Fsp3) is 0.607. The molecule has 2 atom stereocenters. The highest BCUT2D eigenvalue weighted by atomic mass is 31.2. The van der Waals surface area contributed by atoms with Gasteiger partial charge in [0.15, 0.2) is 0 Å². The molecule has 0 bridgehead atoms. The second kappa shape index (κ2) is 15.3. The number of ether oxygens (including phenoxy) is 3. The fourth-order valence-corrected chi connectivity index (χ4v) is 6.91. The standard InChI is InChI=1S/C28H44N3O8P/c1-8-21-18(5)23-16-39-28(35)24(23)25(32)22(21)12-11-17(4)15-29-13-14-40(36,30-19(6)26(33)37-9-2)31-20(7)27(34)38-10-3/h11,19-20,29,32H,8-10,12-16H2,1-7H3,(H2,30,31,36)/b17-11+/t19-,20-/m0/s1. The Morgan fingerprint density at radius 2 is 1.65 bits per heavy atom. The number of hydrogen-bond donors (Lipinski definition) is 4. The van der Waals surface area contributed by atoms with Crippen LogP contribution in [0.3, 0.4) is 0 Å². The van der Waals surface area contributed by atoms with Gasteiger partial charge in [-0.3, -0.25) is 14.2 Å². The minimum Gasteiger partial charge on any atom is -0.507 e. The summed E-state index contributed by atoms with van der Waals surface area (Å²) < 4.78 is 28.9. The summed E-state index contributed by atoms with van der Waals surface area (Å²) in [6, 6.07) is -1.69. The number of carbonyl (C=O) groups excluding carboxylic acids is 3. The van der Waals surface area contributed by atoms with Crippen LogP contribution in [0.4, 0.5) is 0 Å². The molecule has 0 aromatic heterocycles. The van der Waals surface area contributed by atoms with E-state index in [-0.39, 0.29) is 37.3 Å². The van der Waals surface area contributed by atoms with Crippen LogP contribution in [0.1, 0.15) is 74.2 Å². The highest BCUT2D eigenvalue weighted by Crippen LogP contribution is 2.39. The number of phenolic OH excluding ortho intramolecular Hbond substituents is 1. The highest BCUT2D eigenvalue weighted by Gasteiger charge is 2.32. The molecular weight excluding hydrogens is 537 g/mol. The van der Waals surface area contributed by atoms with E-state index in [1.807, 2.05) is 26.8 Å². The normalized spacial score (nSPS) is 14.9. The van der Waals surface area contributed by atoms with E-state index in [2.05, 4.69) is 15.5 Å². The zero-order valence-corrected chi connectivity index (χ0v) is 25.5. The summed E-state index contributed by atoms with van der Waals surface area (Å²) in [4.78, 5) is 36.4. The van der Waals surface area contributed by atoms with E-state index in [4.69, 9.17) is 14.2 Å². The topological polar surface area (TPSA) is 152 Å². The van der Waals surface area contributed by atoms with Crippen molar-refractivity contribution in [1.82, 2.24) is 15.5 Å². The molecule has 0 radical (unpaired) electrons. The van der Waals surface area contributed by atoms with Crippen molar-refractivity contribution in [3.63, 3.8) is 0 Å². The zero-order valence-electron chi connectivity index (χ0n) is 24.6. The molecule has 0 unspecified atom stereocenters. The summed E-state index contributed by atoms with van der Waals surface area (Å²) in [5.74, 6) is -1.58. The van der Waals surface area contributed by atoms with Gasteiger partial charge in [0, 0.05) is 30.4 Å². The molecule has 224 valence electrons. The van der Waals surface area contributed by atoms with E-state index in [9.17, 15) is 24.1 Å². The Balaban J connectivity index is 2.06. The molecule has 0 fully saturated rings. The van der Waals surface area contributed by atoms with Crippen LogP contribution < -0.4 is 15.5 Å². The Kier molecular flexibility index (Phi) is 12.8. The van der Waals surface area contributed by atoms with Gasteiger partial charge in [0.1, 0.15) is 30.0 Å². The maximum Gasteiger partial charge on any atom is 0.342 e. The maximum atomic E-state index is 13.7. The molecule has 0 amide bonds. The van der Waals surface area contributed by atoms with Crippen molar-refractivity contribution in [2.24, 2.45) is 0 Å². The molecule has 0 saturated carbocycles. The van der Waals surface area contributed by atoms with E-state index in [0.717, 1.165) is 27.8 Å². The van der Waals surface area contributed by atoms with Crippen LogP contribution in [0.2, 0.25) is 0 Å². The van der Waals surface area contributed by atoms with Crippen molar-refractivity contribution in [2.75, 3.05) is 32.5 Å². The SMILES string of the molecule is CCOC(=O)[C@H](C)NP(=O)(CCNC/C(C)=C/Cc1c(O)c2c(c(C)c1CC)COC2=O)N[C@@H](C)C(=O)OCC. The Morgan fingerprint density at radius 3 is 2.17 bits per heavy atom. The zero-order chi connectivity index (χ0) is 30.0. The van der Waals surface area contributed by atoms with Crippen molar-refractivity contribution >= 4 is 25.4 Å². The summed E-state index contributed by atoms with van der Waals surface area (Å²) >= 11 is 0. The average Bonchev–Trinajstić information content (AvgIpc) is 3.29. The molecule has 1 aromatic rings. The number of carbonyl (C=O) groups is 3. The molecule has 0 saturated heterocycles. The van der Waals surface area contributed by atoms with Gasteiger partial charge < -0.3 is 24.6 Å². The number of fused-ring (bicyclic) bond motifs is 1. The number of rotatable bonds is 16.